The standard InChI is InChI=1S/C25H34O5/c1-3-17-29-23-14-15-24(21(19-23)11-16-25(26)27)30-18-7-5-4-6-8-20-9-12-22(28-2)13-10-20/h9-10,12-15,19H,3-8,11,16-18H2,1-2H3,(H,26,27). The molecule has 0 unspecified atom stereocenters. The molecule has 5 nitrogen and oxygen atoms in total. The monoisotopic (exact) mass is 414 g/mol. The number of methoxy groups -OCH3 is 1. The molecule has 1 N–H and O–H groups in total. The van der Waals surface area contributed by atoms with Gasteiger partial charge < -0.3 is 19.3 Å². The summed E-state index contributed by atoms with van der Waals surface area (Å²) in [6.07, 6.45) is 6.93. The summed E-state index contributed by atoms with van der Waals surface area (Å²) in [5.41, 5.74) is 2.23. The summed E-state index contributed by atoms with van der Waals surface area (Å²) in [6, 6.07) is 13.9. The van der Waals surface area contributed by atoms with E-state index in [-0.39, 0.29) is 6.42 Å². The molecule has 0 spiro atoms. The first-order chi connectivity index (χ1) is 14.6. The molecule has 2 aromatic carbocycles. The van der Waals surface area contributed by atoms with Crippen LogP contribution in [0.2, 0.25) is 0 Å². The van der Waals surface area contributed by atoms with Crippen molar-refractivity contribution in [3.63, 3.8) is 0 Å². The van der Waals surface area contributed by atoms with Crippen molar-refractivity contribution in [3.8, 4) is 17.2 Å². The average Bonchev–Trinajstić information content (AvgIpc) is 2.76. The number of rotatable bonds is 15. The van der Waals surface area contributed by atoms with E-state index in [1.807, 2.05) is 30.3 Å². The maximum Gasteiger partial charge on any atom is 0.303 e. The van der Waals surface area contributed by atoms with Gasteiger partial charge in [-0.05, 0) is 73.6 Å². The summed E-state index contributed by atoms with van der Waals surface area (Å²) >= 11 is 0. The summed E-state index contributed by atoms with van der Waals surface area (Å²) < 4.78 is 16.8. The van der Waals surface area contributed by atoms with Crippen LogP contribution in [0.5, 0.6) is 17.2 Å². The average molecular weight is 415 g/mol. The Balaban J connectivity index is 1.72. The van der Waals surface area contributed by atoms with Crippen LogP contribution in [-0.4, -0.2) is 31.4 Å². The van der Waals surface area contributed by atoms with Crippen molar-refractivity contribution < 1.29 is 24.1 Å². The van der Waals surface area contributed by atoms with Gasteiger partial charge in [-0.15, -0.1) is 0 Å². The first-order valence-electron chi connectivity index (χ1n) is 10.9. The van der Waals surface area contributed by atoms with Crippen LogP contribution in [0.4, 0.5) is 0 Å². The minimum atomic E-state index is -0.808. The fourth-order valence-electron chi connectivity index (χ4n) is 3.20. The second-order valence-corrected chi connectivity index (χ2v) is 7.37. The second kappa shape index (κ2) is 13.5. The molecular weight excluding hydrogens is 380 g/mol. The normalized spacial score (nSPS) is 10.6. The third kappa shape index (κ3) is 8.76. The molecular formula is C25H34O5. The summed E-state index contributed by atoms with van der Waals surface area (Å²) in [5.74, 6) is 1.61. The topological polar surface area (TPSA) is 65.0 Å². The molecule has 0 saturated heterocycles. The number of unbranched alkanes of at least 4 members (excludes halogenated alkanes) is 3. The first kappa shape index (κ1) is 23.6. The summed E-state index contributed by atoms with van der Waals surface area (Å²) in [4.78, 5) is 11.0. The molecule has 0 bridgehead atoms. The van der Waals surface area contributed by atoms with Crippen molar-refractivity contribution in [2.75, 3.05) is 20.3 Å². The summed E-state index contributed by atoms with van der Waals surface area (Å²) in [5, 5.41) is 9.00. The van der Waals surface area contributed by atoms with Crippen LogP contribution in [0.15, 0.2) is 42.5 Å². The number of aryl methyl sites for hydroxylation is 2. The maximum atomic E-state index is 11.0. The van der Waals surface area contributed by atoms with E-state index in [9.17, 15) is 4.79 Å². The van der Waals surface area contributed by atoms with Crippen molar-refractivity contribution in [1.82, 2.24) is 0 Å². The highest BCUT2D eigenvalue weighted by molar-refractivity contribution is 5.67. The zero-order valence-corrected chi connectivity index (χ0v) is 18.2. The molecule has 0 aliphatic rings. The minimum absolute atomic E-state index is 0.0823. The van der Waals surface area contributed by atoms with Gasteiger partial charge in [0.05, 0.1) is 20.3 Å². The van der Waals surface area contributed by atoms with Crippen molar-refractivity contribution in [3.05, 3.63) is 53.6 Å². The van der Waals surface area contributed by atoms with Gasteiger partial charge in [-0.2, -0.15) is 0 Å². The molecule has 2 rings (SSSR count). The second-order valence-electron chi connectivity index (χ2n) is 7.37. The van der Waals surface area contributed by atoms with E-state index in [0.717, 1.165) is 61.3 Å². The first-order valence-corrected chi connectivity index (χ1v) is 10.9. The molecule has 164 valence electrons. The SMILES string of the molecule is CCCOc1ccc(OCCCCCCc2ccc(OC)cc2)c(CCC(=O)O)c1. The molecule has 0 atom stereocenters. The van der Waals surface area contributed by atoms with Gasteiger partial charge in [-0.1, -0.05) is 31.9 Å². The van der Waals surface area contributed by atoms with Crippen molar-refractivity contribution >= 4 is 5.97 Å². The summed E-state index contributed by atoms with van der Waals surface area (Å²) in [7, 11) is 1.68. The number of aliphatic carboxylic acids is 1. The lowest BCUT2D eigenvalue weighted by atomic mass is 10.1. The lowest BCUT2D eigenvalue weighted by molar-refractivity contribution is -0.136. The zero-order chi connectivity index (χ0) is 21.6. The van der Waals surface area contributed by atoms with Gasteiger partial charge in [-0.3, -0.25) is 4.79 Å². The number of hydrogen-bond donors (Lipinski definition) is 1. The number of carboxylic acid groups (broad SMARTS) is 1. The van der Waals surface area contributed by atoms with Gasteiger partial charge in [0, 0.05) is 6.42 Å². The molecule has 2 aromatic rings. The molecule has 30 heavy (non-hydrogen) atoms. The molecule has 0 saturated carbocycles. The van der Waals surface area contributed by atoms with Gasteiger partial charge in [0.2, 0.25) is 0 Å². The fourth-order valence-corrected chi connectivity index (χ4v) is 3.20. The Bertz CT molecular complexity index is 755. The number of carboxylic acids is 1. The molecule has 0 heterocycles. The third-order valence-electron chi connectivity index (χ3n) is 4.89. The quantitative estimate of drug-likeness (QED) is 0.380. The van der Waals surface area contributed by atoms with E-state index in [0.29, 0.717) is 19.6 Å². The van der Waals surface area contributed by atoms with Crippen LogP contribution < -0.4 is 14.2 Å². The van der Waals surface area contributed by atoms with Crippen LogP contribution in [0.3, 0.4) is 0 Å². The maximum absolute atomic E-state index is 11.0. The van der Waals surface area contributed by atoms with Crippen LogP contribution in [0.1, 0.15) is 56.6 Å². The predicted octanol–water partition coefficient (Wildman–Crippen LogP) is 5.68. The van der Waals surface area contributed by atoms with E-state index in [2.05, 4.69) is 19.1 Å². The molecule has 0 radical (unpaired) electrons. The van der Waals surface area contributed by atoms with Gasteiger partial charge >= 0.3 is 5.97 Å². The van der Waals surface area contributed by atoms with E-state index >= 15 is 0 Å². The van der Waals surface area contributed by atoms with E-state index in [1.165, 1.54) is 5.56 Å². The highest BCUT2D eigenvalue weighted by Gasteiger charge is 2.09. The molecule has 0 aromatic heterocycles. The lowest BCUT2D eigenvalue weighted by Gasteiger charge is -2.13. The zero-order valence-electron chi connectivity index (χ0n) is 18.2. The van der Waals surface area contributed by atoms with Gasteiger partial charge in [0.25, 0.3) is 0 Å². The number of benzene rings is 2. The van der Waals surface area contributed by atoms with Crippen molar-refractivity contribution in [1.29, 1.82) is 0 Å². The highest BCUT2D eigenvalue weighted by atomic mass is 16.5. The molecule has 0 fully saturated rings. The molecule has 0 aliphatic carbocycles. The highest BCUT2D eigenvalue weighted by Crippen LogP contribution is 2.26. The van der Waals surface area contributed by atoms with E-state index in [4.69, 9.17) is 19.3 Å². The largest absolute Gasteiger partial charge is 0.497 e. The fraction of sp³-hybridized carbons (Fsp3) is 0.480. The number of hydrogen-bond acceptors (Lipinski definition) is 4. The Hall–Kier alpha value is -2.69. The molecule has 0 amide bonds. The molecule has 0 aliphatic heterocycles. The Kier molecular flexibility index (Phi) is 10.6. The van der Waals surface area contributed by atoms with E-state index < -0.39 is 5.97 Å². The van der Waals surface area contributed by atoms with Crippen molar-refractivity contribution in [2.24, 2.45) is 0 Å². The van der Waals surface area contributed by atoms with Crippen molar-refractivity contribution in [2.45, 2.75) is 58.3 Å². The predicted molar refractivity (Wildman–Crippen MR) is 119 cm³/mol. The van der Waals surface area contributed by atoms with Gasteiger partial charge in [-0.25, -0.2) is 0 Å². The number of carbonyl (C=O) groups is 1. The van der Waals surface area contributed by atoms with E-state index in [1.54, 1.807) is 7.11 Å². The third-order valence-corrected chi connectivity index (χ3v) is 4.89. The lowest BCUT2D eigenvalue weighted by Crippen LogP contribution is -2.04. The molecule has 5 heteroatoms. The Morgan fingerprint density at radius 3 is 2.30 bits per heavy atom. The van der Waals surface area contributed by atoms with Gasteiger partial charge in [0.1, 0.15) is 17.2 Å². The summed E-state index contributed by atoms with van der Waals surface area (Å²) in [6.45, 7) is 3.34. The Morgan fingerprint density at radius 1 is 0.867 bits per heavy atom. The smallest absolute Gasteiger partial charge is 0.303 e. The van der Waals surface area contributed by atoms with Crippen LogP contribution in [0.25, 0.3) is 0 Å². The van der Waals surface area contributed by atoms with Crippen LogP contribution >= 0.6 is 0 Å². The van der Waals surface area contributed by atoms with Gasteiger partial charge in [0.15, 0.2) is 0 Å². The Labute approximate surface area is 180 Å². The van der Waals surface area contributed by atoms with Crippen LogP contribution in [0, 0.1) is 0 Å². The Morgan fingerprint density at radius 2 is 1.60 bits per heavy atom. The minimum Gasteiger partial charge on any atom is -0.497 e. The number of ether oxygens (including phenoxy) is 3. The van der Waals surface area contributed by atoms with Crippen LogP contribution in [-0.2, 0) is 17.6 Å².